The van der Waals surface area contributed by atoms with Crippen LogP contribution in [0.5, 0.6) is 0 Å². The first-order chi connectivity index (χ1) is 13.6. The van der Waals surface area contributed by atoms with E-state index >= 15 is 0 Å². The molecule has 0 aliphatic heterocycles. The molecule has 0 saturated carbocycles. The van der Waals surface area contributed by atoms with E-state index in [1.54, 1.807) is 24.3 Å². The zero-order valence-corrected chi connectivity index (χ0v) is 16.7. The second-order valence-corrected chi connectivity index (χ2v) is 7.50. The summed E-state index contributed by atoms with van der Waals surface area (Å²) >= 11 is 12.4. The minimum absolute atomic E-state index is 0.0246. The highest BCUT2D eigenvalue weighted by molar-refractivity contribution is 7.99. The molecule has 0 spiro atoms. The quantitative estimate of drug-likeness (QED) is 0.424. The molecule has 2 aromatic carbocycles. The molecule has 0 aliphatic carbocycles. The van der Waals surface area contributed by atoms with E-state index in [1.807, 2.05) is 0 Å². The lowest BCUT2D eigenvalue weighted by Gasteiger charge is -2.11. The van der Waals surface area contributed by atoms with Crippen molar-refractivity contribution in [2.24, 2.45) is 0 Å². The fraction of sp³-hybridized carbons (Fsp3) is 0.118. The Morgan fingerprint density at radius 1 is 1.14 bits per heavy atom. The fourth-order valence-electron chi connectivity index (χ4n) is 2.32. The Labute approximate surface area is 177 Å². The third-order valence-electron chi connectivity index (χ3n) is 3.65. The van der Waals surface area contributed by atoms with Gasteiger partial charge in [-0.1, -0.05) is 35.0 Å². The van der Waals surface area contributed by atoms with Crippen LogP contribution >= 0.6 is 35.0 Å². The Morgan fingerprint density at radius 3 is 2.48 bits per heavy atom. The van der Waals surface area contributed by atoms with E-state index in [1.165, 1.54) is 10.7 Å². The summed E-state index contributed by atoms with van der Waals surface area (Å²) in [6.45, 7) is 0. The average Bonchev–Trinajstić information content (AvgIpc) is 3.02. The van der Waals surface area contributed by atoms with Crippen molar-refractivity contribution in [2.75, 3.05) is 16.9 Å². The van der Waals surface area contributed by atoms with Crippen molar-refractivity contribution >= 4 is 46.6 Å². The second-order valence-electron chi connectivity index (χ2n) is 5.71. The zero-order chi connectivity index (χ0) is 21.2. The maximum Gasteiger partial charge on any atom is 0.417 e. The van der Waals surface area contributed by atoms with Gasteiger partial charge in [0.1, 0.15) is 0 Å². The monoisotopic (exact) mass is 461 g/mol. The molecule has 0 unspecified atom stereocenters. The molecule has 1 heterocycles. The number of carbonyl (C=O) groups excluding carboxylic acids is 1. The van der Waals surface area contributed by atoms with Gasteiger partial charge in [0.25, 0.3) is 0 Å². The van der Waals surface area contributed by atoms with Crippen molar-refractivity contribution in [3.63, 3.8) is 0 Å². The lowest BCUT2D eigenvalue weighted by Crippen LogP contribution is -2.17. The van der Waals surface area contributed by atoms with Gasteiger partial charge in [0.05, 0.1) is 16.3 Å². The molecule has 0 atom stereocenters. The molecule has 0 saturated heterocycles. The molecule has 0 aliphatic rings. The zero-order valence-electron chi connectivity index (χ0n) is 14.4. The number of anilines is 1. The second kappa shape index (κ2) is 8.52. The van der Waals surface area contributed by atoms with Crippen LogP contribution in [0.25, 0.3) is 11.4 Å². The summed E-state index contributed by atoms with van der Waals surface area (Å²) in [6.07, 6.45) is -4.62. The summed E-state index contributed by atoms with van der Waals surface area (Å²) in [4.78, 5) is 12.1. The van der Waals surface area contributed by atoms with Gasteiger partial charge in [-0.3, -0.25) is 4.79 Å². The van der Waals surface area contributed by atoms with Crippen molar-refractivity contribution in [1.29, 1.82) is 0 Å². The minimum Gasteiger partial charge on any atom is -0.335 e. The molecule has 6 nitrogen and oxygen atoms in total. The molecule has 12 heteroatoms. The number of hydrogen-bond acceptors (Lipinski definition) is 5. The number of amides is 1. The van der Waals surface area contributed by atoms with E-state index in [4.69, 9.17) is 29.0 Å². The smallest absolute Gasteiger partial charge is 0.335 e. The maximum atomic E-state index is 12.9. The summed E-state index contributed by atoms with van der Waals surface area (Å²) in [6, 6.07) is 9.91. The minimum atomic E-state index is -4.62. The molecular formula is C17H12Cl2F3N5OS. The lowest BCUT2D eigenvalue weighted by molar-refractivity contribution is -0.137. The van der Waals surface area contributed by atoms with E-state index in [2.05, 4.69) is 15.5 Å². The summed E-state index contributed by atoms with van der Waals surface area (Å²) in [5.74, 6) is 5.66. The lowest BCUT2D eigenvalue weighted by atomic mass is 10.2. The molecule has 1 aromatic heterocycles. The van der Waals surface area contributed by atoms with Crippen molar-refractivity contribution < 1.29 is 18.0 Å². The van der Waals surface area contributed by atoms with Crippen LogP contribution in [0.4, 0.5) is 18.9 Å². The Kier molecular flexibility index (Phi) is 6.25. The van der Waals surface area contributed by atoms with Gasteiger partial charge >= 0.3 is 6.18 Å². The number of rotatable bonds is 5. The molecular weight excluding hydrogens is 450 g/mol. The Morgan fingerprint density at radius 2 is 1.83 bits per heavy atom. The van der Waals surface area contributed by atoms with Crippen molar-refractivity contribution in [3.05, 3.63) is 58.1 Å². The first-order valence-corrected chi connectivity index (χ1v) is 9.65. The largest absolute Gasteiger partial charge is 0.417 e. The molecule has 1 amide bonds. The maximum absolute atomic E-state index is 12.9. The SMILES string of the molecule is Nn1c(SCC(=O)Nc2ccc(Cl)c(C(F)(F)F)c2)nnc1-c1ccc(Cl)cc1. The molecule has 0 fully saturated rings. The normalized spacial score (nSPS) is 11.5. The summed E-state index contributed by atoms with van der Waals surface area (Å²) in [5.41, 5.74) is -0.371. The number of alkyl halides is 3. The first-order valence-electron chi connectivity index (χ1n) is 7.91. The molecule has 0 bridgehead atoms. The number of benzene rings is 2. The highest BCUT2D eigenvalue weighted by Gasteiger charge is 2.33. The van der Waals surface area contributed by atoms with Crippen LogP contribution in [0.2, 0.25) is 10.0 Å². The topological polar surface area (TPSA) is 85.8 Å². The number of aromatic nitrogens is 3. The highest BCUT2D eigenvalue weighted by atomic mass is 35.5. The van der Waals surface area contributed by atoms with Gasteiger partial charge in [0.15, 0.2) is 5.82 Å². The number of nitrogens with one attached hydrogen (secondary N) is 1. The van der Waals surface area contributed by atoms with Gasteiger partial charge in [-0.05, 0) is 42.5 Å². The number of nitrogens with zero attached hydrogens (tertiary/aromatic N) is 3. The van der Waals surface area contributed by atoms with E-state index in [9.17, 15) is 18.0 Å². The molecule has 29 heavy (non-hydrogen) atoms. The van der Waals surface area contributed by atoms with Gasteiger partial charge in [-0.15, -0.1) is 10.2 Å². The standard InChI is InChI=1S/C17H12Cl2F3N5OS/c18-10-3-1-9(2-4-10)15-25-26-16(27(15)23)29-8-14(28)24-11-5-6-13(19)12(7-11)17(20,21)22/h1-7H,8,23H2,(H,24,28). The average molecular weight is 462 g/mol. The summed E-state index contributed by atoms with van der Waals surface area (Å²) in [5, 5.41) is 10.7. The Bertz CT molecular complexity index is 1040. The molecule has 3 N–H and O–H groups in total. The number of halogens is 5. The number of nitrogen functional groups attached to an aromatic ring is 1. The van der Waals surface area contributed by atoms with Crippen LogP contribution in [0.15, 0.2) is 47.6 Å². The third-order valence-corrected chi connectivity index (χ3v) is 5.18. The highest BCUT2D eigenvalue weighted by Crippen LogP contribution is 2.36. The number of carbonyl (C=O) groups is 1. The molecule has 3 rings (SSSR count). The van der Waals surface area contributed by atoms with Crippen LogP contribution in [0.1, 0.15) is 5.56 Å². The summed E-state index contributed by atoms with van der Waals surface area (Å²) in [7, 11) is 0. The van der Waals surface area contributed by atoms with E-state index < -0.39 is 22.7 Å². The molecule has 152 valence electrons. The molecule has 0 radical (unpaired) electrons. The predicted octanol–water partition coefficient (Wildman–Crippen LogP) is 4.72. The number of nitrogens with two attached hydrogens (primary N) is 1. The first kappa shape index (κ1) is 21.3. The van der Waals surface area contributed by atoms with Crippen LogP contribution in [-0.2, 0) is 11.0 Å². The van der Waals surface area contributed by atoms with Crippen molar-refractivity contribution in [1.82, 2.24) is 14.9 Å². The number of hydrogen-bond donors (Lipinski definition) is 2. The summed E-state index contributed by atoms with van der Waals surface area (Å²) < 4.78 is 39.9. The number of thioether (sulfide) groups is 1. The predicted molar refractivity (Wildman–Crippen MR) is 106 cm³/mol. The van der Waals surface area contributed by atoms with Crippen LogP contribution < -0.4 is 11.2 Å². The van der Waals surface area contributed by atoms with E-state index in [0.717, 1.165) is 23.9 Å². The molecule has 3 aromatic rings. The Balaban J connectivity index is 1.65. The van der Waals surface area contributed by atoms with Gasteiger partial charge in [-0.2, -0.15) is 13.2 Å². The van der Waals surface area contributed by atoms with Crippen LogP contribution in [-0.4, -0.2) is 26.5 Å². The van der Waals surface area contributed by atoms with Crippen LogP contribution in [0.3, 0.4) is 0 Å². The third kappa shape index (κ3) is 5.14. The van der Waals surface area contributed by atoms with Crippen molar-refractivity contribution in [3.8, 4) is 11.4 Å². The van der Waals surface area contributed by atoms with Gasteiger partial charge in [-0.25, -0.2) is 4.68 Å². The Hall–Kier alpha value is -2.43. The van der Waals surface area contributed by atoms with Gasteiger partial charge in [0, 0.05) is 16.3 Å². The van der Waals surface area contributed by atoms with Gasteiger partial charge in [0.2, 0.25) is 11.1 Å². The van der Waals surface area contributed by atoms with Crippen molar-refractivity contribution in [2.45, 2.75) is 11.3 Å². The van der Waals surface area contributed by atoms with Gasteiger partial charge < -0.3 is 11.2 Å². The van der Waals surface area contributed by atoms with E-state index in [0.29, 0.717) is 16.4 Å². The van der Waals surface area contributed by atoms with Crippen LogP contribution in [0, 0.1) is 0 Å². The fourth-order valence-corrected chi connectivity index (χ4v) is 3.33. The van der Waals surface area contributed by atoms with E-state index in [-0.39, 0.29) is 16.6 Å².